The Morgan fingerprint density at radius 2 is 2.00 bits per heavy atom. The van der Waals surface area contributed by atoms with Crippen molar-refractivity contribution in [2.75, 3.05) is 5.32 Å². The Labute approximate surface area is 102 Å². The molecule has 3 nitrogen and oxygen atoms in total. The van der Waals surface area contributed by atoms with E-state index in [1.165, 1.54) is 0 Å². The van der Waals surface area contributed by atoms with Gasteiger partial charge in [0.15, 0.2) is 0 Å². The minimum Gasteiger partial charge on any atom is -0.508 e. The Morgan fingerprint density at radius 1 is 1.35 bits per heavy atom. The first kappa shape index (κ1) is 12.0. The first-order valence-electron chi connectivity index (χ1n) is 6.09. The first-order valence-corrected chi connectivity index (χ1v) is 6.09. The summed E-state index contributed by atoms with van der Waals surface area (Å²) in [6.45, 7) is 4.31. The summed E-state index contributed by atoms with van der Waals surface area (Å²) in [6.07, 6.45) is 3.21. The molecule has 2 N–H and O–H groups in total. The van der Waals surface area contributed by atoms with Crippen molar-refractivity contribution >= 4 is 11.6 Å². The quantitative estimate of drug-likeness (QED) is 0.771. The lowest BCUT2D eigenvalue weighted by molar-refractivity contribution is -0.122. The topological polar surface area (TPSA) is 49.3 Å². The number of rotatable bonds is 2. The molecule has 0 heterocycles. The fraction of sp³-hybridized carbons (Fsp3) is 0.500. The molecule has 1 aromatic carbocycles. The van der Waals surface area contributed by atoms with Gasteiger partial charge in [0, 0.05) is 11.6 Å². The molecule has 1 aliphatic rings. The third-order valence-electron chi connectivity index (χ3n) is 3.71. The van der Waals surface area contributed by atoms with Gasteiger partial charge in [-0.1, -0.05) is 20.3 Å². The van der Waals surface area contributed by atoms with E-state index < -0.39 is 0 Å². The molecule has 2 rings (SSSR count). The second kappa shape index (κ2) is 4.40. The van der Waals surface area contributed by atoms with E-state index in [1.54, 1.807) is 24.3 Å². The van der Waals surface area contributed by atoms with Crippen molar-refractivity contribution in [1.29, 1.82) is 0 Å². The van der Waals surface area contributed by atoms with Gasteiger partial charge in [-0.05, 0) is 42.5 Å². The van der Waals surface area contributed by atoms with E-state index in [4.69, 9.17) is 0 Å². The number of hydrogen-bond donors (Lipinski definition) is 2. The van der Waals surface area contributed by atoms with Crippen molar-refractivity contribution in [2.45, 2.75) is 33.1 Å². The maximum absolute atomic E-state index is 12.1. The van der Waals surface area contributed by atoms with Crippen LogP contribution in [0.25, 0.3) is 0 Å². The Kier molecular flexibility index (Phi) is 3.09. The lowest BCUT2D eigenvalue weighted by atomic mass is 9.81. The van der Waals surface area contributed by atoms with Crippen LogP contribution in [0.15, 0.2) is 24.3 Å². The van der Waals surface area contributed by atoms with Crippen LogP contribution in [-0.2, 0) is 4.79 Å². The van der Waals surface area contributed by atoms with Crippen molar-refractivity contribution < 1.29 is 9.90 Å². The summed E-state index contributed by atoms with van der Waals surface area (Å²) in [5, 5.41) is 12.1. The molecule has 0 aromatic heterocycles. The van der Waals surface area contributed by atoms with Gasteiger partial charge >= 0.3 is 0 Å². The number of aromatic hydroxyl groups is 1. The average Bonchev–Trinajstić information content (AvgIpc) is 2.61. The van der Waals surface area contributed by atoms with E-state index in [0.717, 1.165) is 24.9 Å². The number of carbonyl (C=O) groups excluding carboxylic acids is 1. The monoisotopic (exact) mass is 233 g/mol. The molecule has 0 aliphatic heterocycles. The Hall–Kier alpha value is -1.51. The number of phenols is 1. The van der Waals surface area contributed by atoms with Gasteiger partial charge in [0.2, 0.25) is 5.91 Å². The molecule has 3 heteroatoms. The predicted octanol–water partition coefficient (Wildman–Crippen LogP) is 3.16. The van der Waals surface area contributed by atoms with Crippen molar-refractivity contribution in [3.63, 3.8) is 0 Å². The van der Waals surface area contributed by atoms with Crippen molar-refractivity contribution in [3.05, 3.63) is 24.3 Å². The summed E-state index contributed by atoms with van der Waals surface area (Å²) in [7, 11) is 0. The van der Waals surface area contributed by atoms with Gasteiger partial charge < -0.3 is 10.4 Å². The zero-order valence-corrected chi connectivity index (χ0v) is 10.4. The molecule has 17 heavy (non-hydrogen) atoms. The van der Waals surface area contributed by atoms with Crippen molar-refractivity contribution in [2.24, 2.45) is 11.3 Å². The number of nitrogens with one attached hydrogen (secondary N) is 1. The van der Waals surface area contributed by atoms with Crippen molar-refractivity contribution in [1.82, 2.24) is 0 Å². The number of phenolic OH excluding ortho intramolecular Hbond substituents is 1. The molecule has 0 bridgehead atoms. The first-order chi connectivity index (χ1) is 7.99. The van der Waals surface area contributed by atoms with Crippen LogP contribution in [0.1, 0.15) is 33.1 Å². The maximum atomic E-state index is 12.1. The second-order valence-corrected chi connectivity index (χ2v) is 5.47. The average molecular weight is 233 g/mol. The van der Waals surface area contributed by atoms with Crippen LogP contribution >= 0.6 is 0 Å². The summed E-state index contributed by atoms with van der Waals surface area (Å²) in [5.74, 6) is 0.402. The number of hydrogen-bond acceptors (Lipinski definition) is 2. The molecule has 0 spiro atoms. The van der Waals surface area contributed by atoms with Crippen LogP contribution in [0.2, 0.25) is 0 Å². The summed E-state index contributed by atoms with van der Waals surface area (Å²) < 4.78 is 0. The van der Waals surface area contributed by atoms with Crippen LogP contribution in [0.4, 0.5) is 5.69 Å². The molecular weight excluding hydrogens is 214 g/mol. The molecular formula is C14H19NO2. The fourth-order valence-electron chi connectivity index (χ4n) is 2.59. The Bertz CT molecular complexity index is 409. The summed E-state index contributed by atoms with van der Waals surface area (Å²) in [5.41, 5.74) is 0.844. The highest BCUT2D eigenvalue weighted by molar-refractivity contribution is 5.93. The molecule has 1 unspecified atom stereocenters. The molecule has 1 fully saturated rings. The van der Waals surface area contributed by atoms with E-state index >= 15 is 0 Å². The van der Waals surface area contributed by atoms with E-state index in [-0.39, 0.29) is 23.0 Å². The highest BCUT2D eigenvalue weighted by atomic mass is 16.3. The zero-order chi connectivity index (χ0) is 12.5. The number of amides is 1. The normalized spacial score (nSPS) is 22.4. The van der Waals surface area contributed by atoms with E-state index in [0.29, 0.717) is 0 Å². The van der Waals surface area contributed by atoms with Crippen molar-refractivity contribution in [3.8, 4) is 5.75 Å². The third-order valence-corrected chi connectivity index (χ3v) is 3.71. The molecule has 92 valence electrons. The number of carbonyl (C=O) groups is 1. The Balaban J connectivity index is 2.04. The number of benzene rings is 1. The molecule has 1 aromatic rings. The fourth-order valence-corrected chi connectivity index (χ4v) is 2.59. The van der Waals surface area contributed by atoms with Gasteiger partial charge in [0.1, 0.15) is 5.75 Å². The zero-order valence-electron chi connectivity index (χ0n) is 10.4. The van der Waals surface area contributed by atoms with E-state index in [2.05, 4.69) is 19.2 Å². The van der Waals surface area contributed by atoms with Gasteiger partial charge in [-0.3, -0.25) is 4.79 Å². The van der Waals surface area contributed by atoms with Gasteiger partial charge in [0.25, 0.3) is 0 Å². The molecule has 1 amide bonds. The minimum absolute atomic E-state index is 0.0938. The molecule has 1 atom stereocenters. The van der Waals surface area contributed by atoms with Gasteiger partial charge in [-0.15, -0.1) is 0 Å². The SMILES string of the molecule is CC1(C)CCCC1C(=O)Nc1ccc(O)cc1. The molecule has 1 saturated carbocycles. The summed E-state index contributed by atoms with van der Waals surface area (Å²) >= 11 is 0. The predicted molar refractivity (Wildman–Crippen MR) is 67.9 cm³/mol. The van der Waals surface area contributed by atoms with Crippen LogP contribution in [-0.4, -0.2) is 11.0 Å². The van der Waals surface area contributed by atoms with E-state index in [9.17, 15) is 9.90 Å². The van der Waals surface area contributed by atoms with Crippen LogP contribution < -0.4 is 5.32 Å². The summed E-state index contributed by atoms with van der Waals surface area (Å²) in [4.78, 5) is 12.1. The largest absolute Gasteiger partial charge is 0.508 e. The standard InChI is InChI=1S/C14H19NO2/c1-14(2)9-3-4-12(14)13(17)15-10-5-7-11(16)8-6-10/h5-8,12,16H,3-4,9H2,1-2H3,(H,15,17). The molecule has 1 aliphatic carbocycles. The highest BCUT2D eigenvalue weighted by Crippen LogP contribution is 2.43. The van der Waals surface area contributed by atoms with Crippen LogP contribution in [0.3, 0.4) is 0 Å². The third kappa shape index (κ3) is 2.60. The van der Waals surface area contributed by atoms with Gasteiger partial charge in [-0.2, -0.15) is 0 Å². The number of anilines is 1. The van der Waals surface area contributed by atoms with Crippen LogP contribution in [0.5, 0.6) is 5.75 Å². The Morgan fingerprint density at radius 3 is 2.53 bits per heavy atom. The summed E-state index contributed by atoms with van der Waals surface area (Å²) in [6, 6.07) is 6.59. The van der Waals surface area contributed by atoms with Crippen LogP contribution in [0, 0.1) is 11.3 Å². The van der Waals surface area contributed by atoms with Gasteiger partial charge in [-0.25, -0.2) is 0 Å². The highest BCUT2D eigenvalue weighted by Gasteiger charge is 2.39. The molecule has 0 saturated heterocycles. The lowest BCUT2D eigenvalue weighted by Gasteiger charge is -2.25. The lowest BCUT2D eigenvalue weighted by Crippen LogP contribution is -2.30. The second-order valence-electron chi connectivity index (χ2n) is 5.47. The molecule has 0 radical (unpaired) electrons. The van der Waals surface area contributed by atoms with Gasteiger partial charge in [0.05, 0.1) is 0 Å². The van der Waals surface area contributed by atoms with E-state index in [1.807, 2.05) is 0 Å². The minimum atomic E-state index is 0.0938. The smallest absolute Gasteiger partial charge is 0.228 e. The maximum Gasteiger partial charge on any atom is 0.228 e.